The van der Waals surface area contributed by atoms with Gasteiger partial charge in [-0.2, -0.15) is 4.99 Å². The van der Waals surface area contributed by atoms with Crippen LogP contribution in [0.1, 0.15) is 0 Å². The molecular formula is C17H11NO. The van der Waals surface area contributed by atoms with E-state index in [4.69, 9.17) is 0 Å². The number of fused-ring (bicyclic) bond motifs is 1. The van der Waals surface area contributed by atoms with Crippen LogP contribution < -0.4 is 0 Å². The standard InChI is InChI=1S/C17H11NO/c19-12-18-17-11-10-14(13-6-2-1-3-7-13)15-8-4-5-9-16(15)17/h1-11H. The van der Waals surface area contributed by atoms with E-state index in [1.807, 2.05) is 54.6 Å². The Bertz CT molecular complexity index is 772. The van der Waals surface area contributed by atoms with Crippen molar-refractivity contribution in [3.05, 3.63) is 66.7 Å². The summed E-state index contributed by atoms with van der Waals surface area (Å²) in [7, 11) is 0. The largest absolute Gasteiger partial charge is 0.240 e. The van der Waals surface area contributed by atoms with Crippen molar-refractivity contribution in [1.29, 1.82) is 0 Å². The Morgan fingerprint density at radius 2 is 1.42 bits per heavy atom. The number of aliphatic imine (C=N–C) groups is 1. The molecule has 0 aromatic heterocycles. The van der Waals surface area contributed by atoms with E-state index < -0.39 is 0 Å². The highest BCUT2D eigenvalue weighted by Gasteiger charge is 2.06. The molecule has 0 atom stereocenters. The third-order valence-electron chi connectivity index (χ3n) is 3.15. The first-order valence-electron chi connectivity index (χ1n) is 6.05. The number of hydrogen-bond donors (Lipinski definition) is 0. The second-order valence-corrected chi connectivity index (χ2v) is 4.25. The molecule has 0 aliphatic carbocycles. The van der Waals surface area contributed by atoms with Gasteiger partial charge in [0, 0.05) is 5.39 Å². The molecule has 0 heterocycles. The first-order chi connectivity index (χ1) is 9.40. The van der Waals surface area contributed by atoms with Crippen LogP contribution in [0.15, 0.2) is 71.7 Å². The van der Waals surface area contributed by atoms with Crippen LogP contribution in [0.2, 0.25) is 0 Å². The average Bonchev–Trinajstić information content (AvgIpc) is 2.49. The van der Waals surface area contributed by atoms with E-state index in [0.29, 0.717) is 5.69 Å². The van der Waals surface area contributed by atoms with Gasteiger partial charge in [0.05, 0.1) is 5.69 Å². The lowest BCUT2D eigenvalue weighted by Crippen LogP contribution is -1.81. The average molecular weight is 245 g/mol. The molecule has 0 bridgehead atoms. The van der Waals surface area contributed by atoms with E-state index in [2.05, 4.69) is 17.1 Å². The summed E-state index contributed by atoms with van der Waals surface area (Å²) in [5.41, 5.74) is 2.95. The number of benzene rings is 3. The minimum atomic E-state index is 0.658. The third-order valence-corrected chi connectivity index (χ3v) is 3.15. The Hall–Kier alpha value is -2.70. The predicted octanol–water partition coefficient (Wildman–Crippen LogP) is 4.47. The van der Waals surface area contributed by atoms with Crippen molar-refractivity contribution in [1.82, 2.24) is 0 Å². The molecule has 0 amide bonds. The maximum atomic E-state index is 10.5. The molecule has 2 heteroatoms. The zero-order valence-electron chi connectivity index (χ0n) is 10.2. The quantitative estimate of drug-likeness (QED) is 0.483. The number of rotatable bonds is 2. The summed E-state index contributed by atoms with van der Waals surface area (Å²) in [6.45, 7) is 0. The molecule has 0 unspecified atom stereocenters. The van der Waals surface area contributed by atoms with Gasteiger partial charge in [0.15, 0.2) is 0 Å². The van der Waals surface area contributed by atoms with E-state index in [1.165, 1.54) is 0 Å². The summed E-state index contributed by atoms with van der Waals surface area (Å²) < 4.78 is 0. The Morgan fingerprint density at radius 1 is 0.737 bits per heavy atom. The van der Waals surface area contributed by atoms with Crippen molar-refractivity contribution in [2.24, 2.45) is 4.99 Å². The smallest absolute Gasteiger partial charge is 0.211 e. The van der Waals surface area contributed by atoms with Crippen molar-refractivity contribution in [3.63, 3.8) is 0 Å². The zero-order chi connectivity index (χ0) is 13.1. The predicted molar refractivity (Wildman–Crippen MR) is 77.2 cm³/mol. The SMILES string of the molecule is O=C=Nc1ccc(-c2ccccc2)c2ccccc12. The first kappa shape index (κ1) is 11.4. The van der Waals surface area contributed by atoms with Crippen LogP contribution in [0.5, 0.6) is 0 Å². The van der Waals surface area contributed by atoms with Crippen LogP contribution in [0, 0.1) is 0 Å². The Kier molecular flexibility index (Phi) is 2.93. The minimum Gasteiger partial charge on any atom is -0.211 e. The second-order valence-electron chi connectivity index (χ2n) is 4.25. The molecule has 0 saturated carbocycles. The van der Waals surface area contributed by atoms with E-state index in [9.17, 15) is 4.79 Å². The molecule has 19 heavy (non-hydrogen) atoms. The Balaban J connectivity index is 2.34. The lowest BCUT2D eigenvalue weighted by Gasteiger charge is -2.08. The van der Waals surface area contributed by atoms with Crippen LogP contribution in [0.4, 0.5) is 5.69 Å². The van der Waals surface area contributed by atoms with Gasteiger partial charge in [-0.05, 0) is 22.6 Å². The summed E-state index contributed by atoms with van der Waals surface area (Å²) in [5.74, 6) is 0. The normalized spacial score (nSPS) is 10.1. The van der Waals surface area contributed by atoms with Crippen molar-refractivity contribution in [2.75, 3.05) is 0 Å². The van der Waals surface area contributed by atoms with Crippen molar-refractivity contribution < 1.29 is 4.79 Å². The van der Waals surface area contributed by atoms with Crippen molar-refractivity contribution >= 4 is 22.5 Å². The maximum Gasteiger partial charge on any atom is 0.240 e. The Labute approximate surface area is 111 Å². The van der Waals surface area contributed by atoms with Gasteiger partial charge in [0.25, 0.3) is 0 Å². The molecular weight excluding hydrogens is 234 g/mol. The molecule has 0 N–H and O–H groups in total. The van der Waals surface area contributed by atoms with Gasteiger partial charge in [-0.25, -0.2) is 4.79 Å². The fourth-order valence-corrected chi connectivity index (χ4v) is 2.30. The van der Waals surface area contributed by atoms with Crippen LogP contribution >= 0.6 is 0 Å². The van der Waals surface area contributed by atoms with Gasteiger partial charge < -0.3 is 0 Å². The van der Waals surface area contributed by atoms with E-state index in [-0.39, 0.29) is 0 Å². The maximum absolute atomic E-state index is 10.5. The lowest BCUT2D eigenvalue weighted by atomic mass is 9.97. The van der Waals surface area contributed by atoms with Crippen molar-refractivity contribution in [2.45, 2.75) is 0 Å². The van der Waals surface area contributed by atoms with Crippen LogP contribution in [-0.2, 0) is 4.79 Å². The van der Waals surface area contributed by atoms with Crippen molar-refractivity contribution in [3.8, 4) is 11.1 Å². The molecule has 0 aliphatic rings. The summed E-state index contributed by atoms with van der Waals surface area (Å²) in [6.07, 6.45) is 1.61. The lowest BCUT2D eigenvalue weighted by molar-refractivity contribution is 0.565. The van der Waals surface area contributed by atoms with Crippen LogP contribution in [-0.4, -0.2) is 6.08 Å². The molecule has 0 aliphatic heterocycles. The molecule has 2 nitrogen and oxygen atoms in total. The van der Waals surface area contributed by atoms with Gasteiger partial charge in [0.2, 0.25) is 6.08 Å². The van der Waals surface area contributed by atoms with Crippen LogP contribution in [0.3, 0.4) is 0 Å². The van der Waals surface area contributed by atoms with Crippen LogP contribution in [0.25, 0.3) is 21.9 Å². The highest BCUT2D eigenvalue weighted by atomic mass is 16.1. The second kappa shape index (κ2) is 4.89. The minimum absolute atomic E-state index is 0.658. The molecule has 90 valence electrons. The Morgan fingerprint density at radius 3 is 2.16 bits per heavy atom. The number of hydrogen-bond acceptors (Lipinski definition) is 2. The third kappa shape index (κ3) is 2.05. The summed E-state index contributed by atoms with van der Waals surface area (Å²) in [5, 5.41) is 2.05. The molecule has 0 spiro atoms. The topological polar surface area (TPSA) is 29.4 Å². The molecule has 0 fully saturated rings. The highest BCUT2D eigenvalue weighted by molar-refractivity contribution is 6.02. The monoisotopic (exact) mass is 245 g/mol. The van der Waals surface area contributed by atoms with Gasteiger partial charge in [0.1, 0.15) is 0 Å². The molecule has 0 radical (unpaired) electrons. The van der Waals surface area contributed by atoms with E-state index in [0.717, 1.165) is 21.9 Å². The van der Waals surface area contributed by atoms with Gasteiger partial charge in [-0.15, -0.1) is 0 Å². The molecule has 0 saturated heterocycles. The van der Waals surface area contributed by atoms with Gasteiger partial charge >= 0.3 is 0 Å². The highest BCUT2D eigenvalue weighted by Crippen LogP contribution is 2.34. The summed E-state index contributed by atoms with van der Waals surface area (Å²) in [6, 6.07) is 22.0. The van der Waals surface area contributed by atoms with Gasteiger partial charge in [-0.1, -0.05) is 60.7 Å². The van der Waals surface area contributed by atoms with E-state index in [1.54, 1.807) is 6.08 Å². The fourth-order valence-electron chi connectivity index (χ4n) is 2.30. The first-order valence-corrected chi connectivity index (χ1v) is 6.05. The summed E-state index contributed by atoms with van der Waals surface area (Å²) >= 11 is 0. The molecule has 3 aromatic carbocycles. The molecule has 3 aromatic rings. The van der Waals surface area contributed by atoms with Gasteiger partial charge in [-0.3, -0.25) is 0 Å². The summed E-state index contributed by atoms with van der Waals surface area (Å²) in [4.78, 5) is 14.2. The number of nitrogens with zero attached hydrogens (tertiary/aromatic N) is 1. The number of isocyanates is 1. The zero-order valence-corrected chi connectivity index (χ0v) is 10.2. The van der Waals surface area contributed by atoms with E-state index >= 15 is 0 Å². The number of carbonyl (C=O) groups excluding carboxylic acids is 1. The molecule has 3 rings (SSSR count). The fraction of sp³-hybridized carbons (Fsp3) is 0.